The van der Waals surface area contributed by atoms with Gasteiger partial charge in [-0.3, -0.25) is 9.59 Å². The molecular formula is C25H24IN3O4. The molecular weight excluding hydrogens is 533 g/mol. The Bertz CT molecular complexity index is 1170. The molecule has 1 saturated heterocycles. The van der Waals surface area contributed by atoms with Crippen LogP contribution in [0.4, 0.5) is 0 Å². The van der Waals surface area contributed by atoms with Gasteiger partial charge in [-0.2, -0.15) is 0 Å². The topological polar surface area (TPSA) is 84.7 Å². The normalized spacial score (nSPS) is 17.5. The van der Waals surface area contributed by atoms with Crippen molar-refractivity contribution < 1.29 is 19.4 Å². The predicted octanol–water partition coefficient (Wildman–Crippen LogP) is 4.40. The van der Waals surface area contributed by atoms with Crippen molar-refractivity contribution in [1.29, 1.82) is 0 Å². The molecule has 3 aromatic rings. The molecule has 4 rings (SSSR count). The van der Waals surface area contributed by atoms with Gasteiger partial charge in [0, 0.05) is 34.6 Å². The standard InChI is InChI=1S/C25H24IN3O4/c1-2-33-20-6-3-5-18(15-20)23(30)21-22(17-7-9-19(26)10-8-17)29(25(32)24(21)31)13-4-12-28-14-11-27-16-28/h3,5-11,14-16,22,30H,2,4,12-13H2,1H3/b23-21+. The largest absolute Gasteiger partial charge is 0.507 e. The first-order chi connectivity index (χ1) is 16.0. The number of ether oxygens (including phenoxy) is 1. The van der Waals surface area contributed by atoms with Gasteiger partial charge in [0.1, 0.15) is 11.5 Å². The third-order valence-corrected chi connectivity index (χ3v) is 6.24. The van der Waals surface area contributed by atoms with Crippen LogP contribution in [0.1, 0.15) is 30.5 Å². The van der Waals surface area contributed by atoms with E-state index < -0.39 is 17.7 Å². The number of hydrogen-bond acceptors (Lipinski definition) is 5. The van der Waals surface area contributed by atoms with Crippen LogP contribution in [0.2, 0.25) is 0 Å². The molecule has 33 heavy (non-hydrogen) atoms. The predicted molar refractivity (Wildman–Crippen MR) is 133 cm³/mol. The monoisotopic (exact) mass is 557 g/mol. The van der Waals surface area contributed by atoms with Gasteiger partial charge in [0.05, 0.1) is 24.5 Å². The number of aliphatic hydroxyl groups is 1. The molecule has 2 heterocycles. The summed E-state index contributed by atoms with van der Waals surface area (Å²) >= 11 is 2.21. The summed E-state index contributed by atoms with van der Waals surface area (Å²) in [6.45, 7) is 3.39. The number of aryl methyl sites for hydroxylation is 1. The molecule has 8 heteroatoms. The summed E-state index contributed by atoms with van der Waals surface area (Å²) in [4.78, 5) is 31.8. The summed E-state index contributed by atoms with van der Waals surface area (Å²) in [5.41, 5.74) is 1.31. The van der Waals surface area contributed by atoms with E-state index >= 15 is 0 Å². The van der Waals surface area contributed by atoms with E-state index in [0.717, 1.165) is 9.13 Å². The number of nitrogens with zero attached hydrogens (tertiary/aromatic N) is 3. The average molecular weight is 557 g/mol. The molecule has 170 valence electrons. The Hall–Kier alpha value is -3.14. The average Bonchev–Trinajstić information content (AvgIpc) is 3.42. The third kappa shape index (κ3) is 4.95. The molecule has 0 radical (unpaired) electrons. The molecule has 0 spiro atoms. The maximum absolute atomic E-state index is 13.1. The van der Waals surface area contributed by atoms with Gasteiger partial charge in [-0.05, 0) is 65.8 Å². The lowest BCUT2D eigenvalue weighted by atomic mass is 9.95. The number of ketones is 1. The second-order valence-electron chi connectivity index (χ2n) is 7.66. The highest BCUT2D eigenvalue weighted by atomic mass is 127. The molecule has 0 saturated carbocycles. The number of imidazole rings is 1. The van der Waals surface area contributed by atoms with Crippen molar-refractivity contribution in [3.8, 4) is 5.75 Å². The van der Waals surface area contributed by atoms with E-state index in [1.807, 2.05) is 42.0 Å². The number of halogens is 1. The smallest absolute Gasteiger partial charge is 0.295 e. The minimum atomic E-state index is -0.680. The molecule has 1 aliphatic rings. The van der Waals surface area contributed by atoms with Crippen LogP contribution in [0.3, 0.4) is 0 Å². The van der Waals surface area contributed by atoms with E-state index in [1.54, 1.807) is 41.7 Å². The highest BCUT2D eigenvalue weighted by Gasteiger charge is 2.45. The van der Waals surface area contributed by atoms with Crippen LogP contribution in [0, 0.1) is 3.57 Å². The van der Waals surface area contributed by atoms with Crippen molar-refractivity contribution in [2.75, 3.05) is 13.2 Å². The lowest BCUT2D eigenvalue weighted by Crippen LogP contribution is -2.31. The first-order valence-corrected chi connectivity index (χ1v) is 11.8. The number of amides is 1. The van der Waals surface area contributed by atoms with E-state index in [0.29, 0.717) is 37.4 Å². The Balaban J connectivity index is 1.73. The minimum absolute atomic E-state index is 0.0949. The van der Waals surface area contributed by atoms with Crippen LogP contribution in [0.15, 0.2) is 72.8 Å². The molecule has 1 amide bonds. The van der Waals surface area contributed by atoms with Crippen molar-refractivity contribution in [2.24, 2.45) is 0 Å². The summed E-state index contributed by atoms with van der Waals surface area (Å²) in [6, 6.07) is 13.9. The Labute approximate surface area is 205 Å². The summed E-state index contributed by atoms with van der Waals surface area (Å²) in [7, 11) is 0. The van der Waals surface area contributed by atoms with Crippen LogP contribution in [0.5, 0.6) is 5.75 Å². The lowest BCUT2D eigenvalue weighted by molar-refractivity contribution is -0.139. The zero-order valence-electron chi connectivity index (χ0n) is 18.1. The van der Waals surface area contributed by atoms with Crippen molar-refractivity contribution in [3.63, 3.8) is 0 Å². The summed E-state index contributed by atoms with van der Waals surface area (Å²) in [6.07, 6.45) is 5.92. The van der Waals surface area contributed by atoms with Crippen molar-refractivity contribution in [2.45, 2.75) is 25.9 Å². The van der Waals surface area contributed by atoms with E-state index in [9.17, 15) is 14.7 Å². The van der Waals surface area contributed by atoms with Gasteiger partial charge in [-0.25, -0.2) is 4.98 Å². The SMILES string of the molecule is CCOc1cccc(/C(O)=C2\C(=O)C(=O)N(CCCn3ccnc3)C2c2ccc(I)cc2)c1. The lowest BCUT2D eigenvalue weighted by Gasteiger charge is -2.25. The summed E-state index contributed by atoms with van der Waals surface area (Å²) < 4.78 is 8.50. The van der Waals surface area contributed by atoms with Gasteiger partial charge >= 0.3 is 0 Å². The fourth-order valence-electron chi connectivity index (χ4n) is 4.00. The van der Waals surface area contributed by atoms with Crippen molar-refractivity contribution in [3.05, 3.63) is 87.5 Å². The number of carbonyl (C=O) groups is 2. The molecule has 2 aromatic carbocycles. The van der Waals surface area contributed by atoms with Gasteiger partial charge in [-0.15, -0.1) is 0 Å². The quantitative estimate of drug-likeness (QED) is 0.192. The van der Waals surface area contributed by atoms with Crippen LogP contribution < -0.4 is 4.74 Å². The number of Topliss-reactive ketones (excluding diaryl/α,β-unsaturated/α-hetero) is 1. The first-order valence-electron chi connectivity index (χ1n) is 10.7. The maximum Gasteiger partial charge on any atom is 0.295 e. The van der Waals surface area contributed by atoms with E-state index in [2.05, 4.69) is 27.6 Å². The van der Waals surface area contributed by atoms with Crippen molar-refractivity contribution >= 4 is 40.0 Å². The Morgan fingerprint density at radius 2 is 1.94 bits per heavy atom. The van der Waals surface area contributed by atoms with Gasteiger partial charge in [0.25, 0.3) is 11.7 Å². The summed E-state index contributed by atoms with van der Waals surface area (Å²) in [5, 5.41) is 11.2. The van der Waals surface area contributed by atoms with E-state index in [1.165, 1.54) is 0 Å². The van der Waals surface area contributed by atoms with Gasteiger partial charge in [-0.1, -0.05) is 24.3 Å². The van der Waals surface area contributed by atoms with E-state index in [4.69, 9.17) is 4.74 Å². The van der Waals surface area contributed by atoms with Crippen molar-refractivity contribution in [1.82, 2.24) is 14.5 Å². The zero-order valence-corrected chi connectivity index (χ0v) is 20.3. The molecule has 1 atom stereocenters. The second-order valence-corrected chi connectivity index (χ2v) is 8.90. The maximum atomic E-state index is 13.1. The van der Waals surface area contributed by atoms with Crippen LogP contribution in [-0.4, -0.2) is 44.4 Å². The molecule has 1 fully saturated rings. The minimum Gasteiger partial charge on any atom is -0.507 e. The fourth-order valence-corrected chi connectivity index (χ4v) is 4.36. The molecule has 1 aromatic heterocycles. The van der Waals surface area contributed by atoms with E-state index in [-0.39, 0.29) is 11.3 Å². The number of carbonyl (C=O) groups excluding carboxylic acids is 2. The molecule has 1 unspecified atom stereocenters. The molecule has 1 N–H and O–H groups in total. The van der Waals surface area contributed by atoms with Crippen LogP contribution in [0.25, 0.3) is 5.76 Å². The van der Waals surface area contributed by atoms with Gasteiger partial charge in [0.2, 0.25) is 0 Å². The number of aromatic nitrogens is 2. The Morgan fingerprint density at radius 1 is 1.15 bits per heavy atom. The molecule has 7 nitrogen and oxygen atoms in total. The van der Waals surface area contributed by atoms with Gasteiger partial charge in [0.15, 0.2) is 0 Å². The Morgan fingerprint density at radius 3 is 2.64 bits per heavy atom. The second kappa shape index (κ2) is 10.2. The Kier molecular flexibility index (Phi) is 7.12. The number of likely N-dealkylation sites (tertiary alicyclic amines) is 1. The first kappa shape index (κ1) is 23.0. The van der Waals surface area contributed by atoms with Crippen LogP contribution in [-0.2, 0) is 16.1 Å². The number of rotatable bonds is 8. The fraction of sp³-hybridized carbons (Fsp3) is 0.240. The molecule has 1 aliphatic heterocycles. The molecule has 0 bridgehead atoms. The van der Waals surface area contributed by atoms with Crippen LogP contribution >= 0.6 is 22.6 Å². The highest BCUT2D eigenvalue weighted by Crippen LogP contribution is 2.40. The third-order valence-electron chi connectivity index (χ3n) is 5.52. The summed E-state index contributed by atoms with van der Waals surface area (Å²) in [5.74, 6) is -0.898. The highest BCUT2D eigenvalue weighted by molar-refractivity contribution is 14.1. The zero-order chi connectivity index (χ0) is 23.4. The number of benzene rings is 2. The molecule has 0 aliphatic carbocycles. The van der Waals surface area contributed by atoms with Gasteiger partial charge < -0.3 is 19.3 Å². The number of hydrogen-bond donors (Lipinski definition) is 1. The number of aliphatic hydroxyl groups excluding tert-OH is 1.